The zero-order valence-corrected chi connectivity index (χ0v) is 21.0. The zero-order chi connectivity index (χ0) is 27.3. The van der Waals surface area contributed by atoms with Crippen LogP contribution in [0.4, 0.5) is 13.2 Å². The number of hydrogen-bond acceptors (Lipinski definition) is 7. The topological polar surface area (TPSA) is 101 Å². The molecular weight excluding hydrogens is 525 g/mol. The third-order valence-electron chi connectivity index (χ3n) is 5.30. The number of rotatable bonds is 10. The quantitative estimate of drug-likeness (QED) is 0.259. The van der Waals surface area contributed by atoms with Crippen molar-refractivity contribution in [2.24, 2.45) is 0 Å². The lowest BCUT2D eigenvalue weighted by atomic mass is 10.1. The Labute approximate surface area is 216 Å². The van der Waals surface area contributed by atoms with Crippen LogP contribution in [0.25, 0.3) is 22.7 Å². The number of oxazole rings is 1. The van der Waals surface area contributed by atoms with Crippen molar-refractivity contribution in [3.8, 4) is 34.2 Å². The van der Waals surface area contributed by atoms with Gasteiger partial charge in [0, 0.05) is 24.1 Å². The average molecular weight is 549 g/mol. The fraction of sp³-hybridized carbons (Fsp3) is 0.231. The fourth-order valence-electron chi connectivity index (χ4n) is 3.59. The van der Waals surface area contributed by atoms with Gasteiger partial charge in [0.2, 0.25) is 5.89 Å². The molecule has 2 aromatic heterocycles. The highest BCUT2D eigenvalue weighted by Gasteiger charge is 2.31. The molecule has 4 aromatic rings. The van der Waals surface area contributed by atoms with Gasteiger partial charge < -0.3 is 18.5 Å². The Morgan fingerprint density at radius 3 is 2.45 bits per heavy atom. The van der Waals surface area contributed by atoms with Gasteiger partial charge in [0.25, 0.3) is 5.56 Å². The van der Waals surface area contributed by atoms with Gasteiger partial charge in [-0.3, -0.25) is 4.79 Å². The highest BCUT2D eigenvalue weighted by Crippen LogP contribution is 2.28. The van der Waals surface area contributed by atoms with Crippen molar-refractivity contribution in [3.05, 3.63) is 89.0 Å². The summed E-state index contributed by atoms with van der Waals surface area (Å²) in [5, 5.41) is 0. The van der Waals surface area contributed by atoms with Gasteiger partial charge in [-0.2, -0.15) is 0 Å². The van der Waals surface area contributed by atoms with Gasteiger partial charge in [0.1, 0.15) is 33.3 Å². The summed E-state index contributed by atoms with van der Waals surface area (Å²) >= 11 is 0. The summed E-state index contributed by atoms with van der Waals surface area (Å²) in [7, 11) is -3.05. The minimum atomic E-state index is -4.78. The fourth-order valence-corrected chi connectivity index (χ4v) is 4.23. The summed E-state index contributed by atoms with van der Waals surface area (Å²) in [6, 6.07) is 15.3. The minimum absolute atomic E-state index is 0.0369. The number of nitrogens with zero attached hydrogens (tertiary/aromatic N) is 2. The maximum atomic E-state index is 12.5. The van der Waals surface area contributed by atoms with Crippen molar-refractivity contribution < 1.29 is 35.5 Å². The van der Waals surface area contributed by atoms with E-state index in [1.165, 1.54) is 47.4 Å². The molecule has 8 nitrogen and oxygen atoms in total. The maximum Gasteiger partial charge on any atom is 0.573 e. The van der Waals surface area contributed by atoms with Crippen molar-refractivity contribution >= 4 is 9.84 Å². The Bertz CT molecular complexity index is 1560. The van der Waals surface area contributed by atoms with Crippen molar-refractivity contribution in [2.75, 3.05) is 18.6 Å². The molecule has 0 aliphatic heterocycles. The predicted octanol–water partition coefficient (Wildman–Crippen LogP) is 4.93. The van der Waals surface area contributed by atoms with Crippen molar-refractivity contribution in [1.82, 2.24) is 9.55 Å². The van der Waals surface area contributed by atoms with E-state index < -0.39 is 16.2 Å². The molecule has 0 N–H and O–H groups in total. The number of alkyl halides is 3. The van der Waals surface area contributed by atoms with Crippen LogP contribution >= 0.6 is 0 Å². The number of halogens is 3. The van der Waals surface area contributed by atoms with Gasteiger partial charge in [-0.05, 0) is 54.4 Å². The van der Waals surface area contributed by atoms with Crippen LogP contribution < -0.4 is 15.0 Å². The molecule has 0 spiro atoms. The van der Waals surface area contributed by atoms with E-state index in [0.29, 0.717) is 29.0 Å². The molecule has 0 bridgehead atoms. The van der Waals surface area contributed by atoms with E-state index >= 15 is 0 Å². The number of pyridine rings is 1. The van der Waals surface area contributed by atoms with Crippen molar-refractivity contribution in [2.45, 2.75) is 19.3 Å². The van der Waals surface area contributed by atoms with Gasteiger partial charge in [0.15, 0.2) is 0 Å². The molecule has 2 heterocycles. The van der Waals surface area contributed by atoms with Crippen LogP contribution in [-0.4, -0.2) is 42.9 Å². The van der Waals surface area contributed by atoms with E-state index in [4.69, 9.17) is 9.15 Å². The van der Waals surface area contributed by atoms with Gasteiger partial charge in [-0.1, -0.05) is 12.1 Å². The third-order valence-corrected chi connectivity index (χ3v) is 6.33. The number of hydrogen-bond donors (Lipinski definition) is 0. The van der Waals surface area contributed by atoms with Crippen LogP contribution in [0.1, 0.15) is 12.0 Å². The molecule has 0 saturated carbocycles. The number of sulfone groups is 1. The van der Waals surface area contributed by atoms with E-state index in [1.807, 2.05) is 6.07 Å². The molecule has 0 aliphatic carbocycles. The number of benzene rings is 2. The van der Waals surface area contributed by atoms with E-state index in [0.717, 1.165) is 5.56 Å². The van der Waals surface area contributed by atoms with Gasteiger partial charge in [-0.25, -0.2) is 13.4 Å². The lowest BCUT2D eigenvalue weighted by molar-refractivity contribution is -0.274. The Morgan fingerprint density at radius 1 is 1.00 bits per heavy atom. The summed E-state index contributed by atoms with van der Waals surface area (Å²) in [5.74, 6) is 0.479. The first-order valence-electron chi connectivity index (χ1n) is 11.4. The Balaban J connectivity index is 1.46. The second kappa shape index (κ2) is 11.1. The van der Waals surface area contributed by atoms with E-state index in [-0.39, 0.29) is 36.1 Å². The monoisotopic (exact) mass is 548 g/mol. The van der Waals surface area contributed by atoms with Crippen LogP contribution in [-0.2, 0) is 16.4 Å². The predicted molar refractivity (Wildman–Crippen MR) is 134 cm³/mol. The van der Waals surface area contributed by atoms with Crippen LogP contribution in [0.15, 0.2) is 82.3 Å². The van der Waals surface area contributed by atoms with Gasteiger partial charge in [0.05, 0.1) is 24.5 Å². The molecule has 0 atom stereocenters. The molecule has 0 unspecified atom stereocenters. The molecule has 4 rings (SSSR count). The summed E-state index contributed by atoms with van der Waals surface area (Å²) in [4.78, 5) is 16.9. The molecule has 0 aliphatic rings. The third kappa shape index (κ3) is 7.72. The van der Waals surface area contributed by atoms with Crippen molar-refractivity contribution in [1.29, 1.82) is 0 Å². The standard InChI is InChI=1S/C26H23F3N2O6S/c1-38(33,34)13-3-12-35-22-5-2-4-18(14-22)15-31-16-20(8-11-24(31)32)25-30-23(17-36-25)19-6-9-21(10-7-19)37-26(27,28)29/h2,4-11,14,16-17H,3,12-13,15H2,1H3. The van der Waals surface area contributed by atoms with Crippen LogP contribution in [0.2, 0.25) is 0 Å². The van der Waals surface area contributed by atoms with Crippen molar-refractivity contribution in [3.63, 3.8) is 0 Å². The molecule has 12 heteroatoms. The van der Waals surface area contributed by atoms with Crippen LogP contribution in [0.5, 0.6) is 11.5 Å². The molecule has 38 heavy (non-hydrogen) atoms. The first kappa shape index (κ1) is 27.0. The number of aromatic nitrogens is 2. The second-order valence-electron chi connectivity index (χ2n) is 8.47. The minimum Gasteiger partial charge on any atom is -0.494 e. The largest absolute Gasteiger partial charge is 0.573 e. The molecule has 0 fully saturated rings. The van der Waals surface area contributed by atoms with E-state index in [2.05, 4.69) is 9.72 Å². The summed E-state index contributed by atoms with van der Waals surface area (Å²) in [5.41, 5.74) is 1.99. The zero-order valence-electron chi connectivity index (χ0n) is 20.1. The first-order chi connectivity index (χ1) is 17.9. The molecule has 200 valence electrons. The average Bonchev–Trinajstić information content (AvgIpc) is 3.33. The second-order valence-corrected chi connectivity index (χ2v) is 10.7. The normalized spacial score (nSPS) is 11.9. The Kier molecular flexibility index (Phi) is 7.91. The molecule has 0 radical (unpaired) electrons. The molecule has 0 amide bonds. The molecular formula is C26H23F3N2O6S. The maximum absolute atomic E-state index is 12.5. The first-order valence-corrected chi connectivity index (χ1v) is 13.4. The highest BCUT2D eigenvalue weighted by atomic mass is 32.2. The summed E-state index contributed by atoms with van der Waals surface area (Å²) in [6.07, 6.45) is -0.270. The summed E-state index contributed by atoms with van der Waals surface area (Å²) in [6.45, 7) is 0.484. The van der Waals surface area contributed by atoms with Gasteiger partial charge in [-0.15, -0.1) is 13.2 Å². The molecule has 2 aromatic carbocycles. The van der Waals surface area contributed by atoms with Crippen LogP contribution in [0.3, 0.4) is 0 Å². The number of ether oxygens (including phenoxy) is 2. The summed E-state index contributed by atoms with van der Waals surface area (Å²) < 4.78 is 76.2. The Morgan fingerprint density at radius 2 is 1.74 bits per heavy atom. The van der Waals surface area contributed by atoms with Gasteiger partial charge >= 0.3 is 6.36 Å². The highest BCUT2D eigenvalue weighted by molar-refractivity contribution is 7.90. The van der Waals surface area contributed by atoms with E-state index in [1.54, 1.807) is 30.5 Å². The lowest BCUT2D eigenvalue weighted by Gasteiger charge is -2.10. The lowest BCUT2D eigenvalue weighted by Crippen LogP contribution is -2.19. The Hall–Kier alpha value is -4.06. The van der Waals surface area contributed by atoms with Crippen LogP contribution in [0, 0.1) is 0 Å². The smallest absolute Gasteiger partial charge is 0.494 e. The molecule has 0 saturated heterocycles. The SMILES string of the molecule is CS(=O)(=O)CCCOc1cccc(Cn2cc(-c3nc(-c4ccc(OC(F)(F)F)cc4)co3)ccc2=O)c1. The van der Waals surface area contributed by atoms with E-state index in [9.17, 15) is 26.4 Å².